The van der Waals surface area contributed by atoms with Crippen LogP contribution >= 0.6 is 0 Å². The molecule has 4 nitrogen and oxygen atoms in total. The van der Waals surface area contributed by atoms with E-state index in [2.05, 4.69) is 15.0 Å². The minimum Gasteiger partial charge on any atom is -0.329 e. The number of pyridine rings is 1. The zero-order valence-corrected chi connectivity index (χ0v) is 7.47. The summed E-state index contributed by atoms with van der Waals surface area (Å²) in [6.45, 7) is 0. The maximum atomic E-state index is 11.3. The molecule has 0 atom stereocenters. The van der Waals surface area contributed by atoms with Crippen molar-refractivity contribution in [3.8, 4) is 0 Å². The van der Waals surface area contributed by atoms with Crippen molar-refractivity contribution >= 4 is 0 Å². The van der Waals surface area contributed by atoms with E-state index in [1.165, 1.54) is 0 Å². The summed E-state index contributed by atoms with van der Waals surface area (Å²) >= 11 is 0. The Hall–Kier alpha value is -1.97. The Kier molecular flexibility index (Phi) is 2.36. The number of H-pyrrole nitrogens is 1. The molecule has 0 amide bonds. The lowest BCUT2D eigenvalue weighted by Gasteiger charge is -1.97. The molecule has 4 heteroatoms. The Labute approximate surface area is 80.7 Å². The largest absolute Gasteiger partial charge is 0.329 e. The fourth-order valence-electron chi connectivity index (χ4n) is 1.19. The van der Waals surface area contributed by atoms with E-state index in [0.29, 0.717) is 17.8 Å². The first-order valence-corrected chi connectivity index (χ1v) is 4.29. The summed E-state index contributed by atoms with van der Waals surface area (Å²) in [4.78, 5) is 22.0. The molecule has 0 bridgehead atoms. The average Bonchev–Trinajstić information content (AvgIpc) is 2.23. The van der Waals surface area contributed by atoms with Crippen molar-refractivity contribution in [2.45, 2.75) is 6.42 Å². The summed E-state index contributed by atoms with van der Waals surface area (Å²) in [5, 5.41) is 0. The van der Waals surface area contributed by atoms with Crippen LogP contribution in [0.4, 0.5) is 0 Å². The molecule has 1 N–H and O–H groups in total. The SMILES string of the molecule is O=c1[nH]cccc1Cc1ncccn1. The van der Waals surface area contributed by atoms with Crippen LogP contribution in [0.25, 0.3) is 0 Å². The highest BCUT2D eigenvalue weighted by Crippen LogP contribution is 1.97. The molecule has 0 spiro atoms. The second kappa shape index (κ2) is 3.83. The van der Waals surface area contributed by atoms with Crippen molar-refractivity contribution in [3.63, 3.8) is 0 Å². The Bertz CT molecular complexity index is 464. The smallest absolute Gasteiger partial charge is 0.251 e. The van der Waals surface area contributed by atoms with Crippen molar-refractivity contribution < 1.29 is 0 Å². The molecular formula is C10H9N3O. The van der Waals surface area contributed by atoms with Crippen LogP contribution in [0.3, 0.4) is 0 Å². The van der Waals surface area contributed by atoms with E-state index < -0.39 is 0 Å². The molecule has 2 heterocycles. The summed E-state index contributed by atoms with van der Waals surface area (Å²) in [5.74, 6) is 0.657. The molecule has 0 aliphatic carbocycles. The second-order valence-corrected chi connectivity index (χ2v) is 2.87. The third kappa shape index (κ3) is 1.85. The molecule has 14 heavy (non-hydrogen) atoms. The average molecular weight is 187 g/mol. The lowest BCUT2D eigenvalue weighted by molar-refractivity contribution is 0.949. The molecule has 2 rings (SSSR count). The zero-order valence-electron chi connectivity index (χ0n) is 7.47. The molecule has 0 saturated carbocycles. The number of hydrogen-bond acceptors (Lipinski definition) is 3. The van der Waals surface area contributed by atoms with E-state index >= 15 is 0 Å². The van der Waals surface area contributed by atoms with Gasteiger partial charge in [-0.15, -0.1) is 0 Å². The number of aromatic amines is 1. The Morgan fingerprint density at radius 1 is 1.21 bits per heavy atom. The van der Waals surface area contributed by atoms with Gasteiger partial charge in [0, 0.05) is 30.6 Å². The molecule has 0 aliphatic heterocycles. The van der Waals surface area contributed by atoms with Gasteiger partial charge in [0.15, 0.2) is 0 Å². The molecule has 0 unspecified atom stereocenters. The minimum absolute atomic E-state index is 0.0834. The van der Waals surface area contributed by atoms with Gasteiger partial charge in [-0.3, -0.25) is 4.79 Å². The third-order valence-corrected chi connectivity index (χ3v) is 1.87. The highest BCUT2D eigenvalue weighted by Gasteiger charge is 2.01. The topological polar surface area (TPSA) is 58.6 Å². The van der Waals surface area contributed by atoms with Crippen LogP contribution in [0.1, 0.15) is 11.4 Å². The van der Waals surface area contributed by atoms with Crippen LogP contribution in [-0.2, 0) is 6.42 Å². The maximum Gasteiger partial charge on any atom is 0.251 e. The first kappa shape index (κ1) is 8.62. The first-order valence-electron chi connectivity index (χ1n) is 4.29. The molecule has 0 fully saturated rings. The van der Waals surface area contributed by atoms with Crippen molar-refractivity contribution in [1.82, 2.24) is 15.0 Å². The van der Waals surface area contributed by atoms with Gasteiger partial charge in [-0.25, -0.2) is 9.97 Å². The number of nitrogens with one attached hydrogen (secondary N) is 1. The van der Waals surface area contributed by atoms with E-state index in [-0.39, 0.29) is 5.56 Å². The predicted molar refractivity (Wildman–Crippen MR) is 51.9 cm³/mol. The van der Waals surface area contributed by atoms with Crippen LogP contribution < -0.4 is 5.56 Å². The molecule has 0 saturated heterocycles. The molecule has 2 aromatic heterocycles. The fourth-order valence-corrected chi connectivity index (χ4v) is 1.19. The van der Waals surface area contributed by atoms with E-state index in [0.717, 1.165) is 0 Å². The summed E-state index contributed by atoms with van der Waals surface area (Å²) < 4.78 is 0. The van der Waals surface area contributed by atoms with Crippen molar-refractivity contribution in [2.24, 2.45) is 0 Å². The second-order valence-electron chi connectivity index (χ2n) is 2.87. The lowest BCUT2D eigenvalue weighted by Crippen LogP contribution is -2.12. The summed E-state index contributed by atoms with van der Waals surface area (Å²) in [6, 6.07) is 5.31. The van der Waals surface area contributed by atoms with Crippen LogP contribution in [-0.4, -0.2) is 15.0 Å². The monoisotopic (exact) mass is 187 g/mol. The molecule has 2 aromatic rings. The number of hydrogen-bond donors (Lipinski definition) is 1. The van der Waals surface area contributed by atoms with Gasteiger partial charge in [-0.1, -0.05) is 6.07 Å². The highest BCUT2D eigenvalue weighted by molar-refractivity contribution is 5.14. The lowest BCUT2D eigenvalue weighted by atomic mass is 10.2. The van der Waals surface area contributed by atoms with Gasteiger partial charge in [0.05, 0.1) is 0 Å². The van der Waals surface area contributed by atoms with Gasteiger partial charge in [0.25, 0.3) is 5.56 Å². The molecule has 70 valence electrons. The third-order valence-electron chi connectivity index (χ3n) is 1.87. The standard InChI is InChI=1S/C10H9N3O/c14-10-8(3-1-4-13-10)7-9-11-5-2-6-12-9/h1-6H,7H2,(H,13,14). The minimum atomic E-state index is -0.0834. The maximum absolute atomic E-state index is 11.3. The highest BCUT2D eigenvalue weighted by atomic mass is 16.1. The molecule has 0 aliphatic rings. The van der Waals surface area contributed by atoms with Gasteiger partial charge < -0.3 is 4.98 Å². The van der Waals surface area contributed by atoms with Gasteiger partial charge in [0.2, 0.25) is 0 Å². The number of nitrogens with zero attached hydrogens (tertiary/aromatic N) is 2. The quantitative estimate of drug-likeness (QED) is 0.754. The number of aromatic nitrogens is 3. The van der Waals surface area contributed by atoms with Crippen molar-refractivity contribution in [3.05, 3.63) is 58.5 Å². The van der Waals surface area contributed by atoms with Crippen LogP contribution in [0.15, 0.2) is 41.6 Å². The van der Waals surface area contributed by atoms with Gasteiger partial charge >= 0.3 is 0 Å². The van der Waals surface area contributed by atoms with E-state index in [9.17, 15) is 4.79 Å². The Morgan fingerprint density at radius 2 is 2.00 bits per heavy atom. The molecular weight excluding hydrogens is 178 g/mol. The Morgan fingerprint density at radius 3 is 2.71 bits per heavy atom. The fraction of sp³-hybridized carbons (Fsp3) is 0.100. The van der Waals surface area contributed by atoms with Crippen molar-refractivity contribution in [2.75, 3.05) is 0 Å². The van der Waals surface area contributed by atoms with Gasteiger partial charge in [-0.2, -0.15) is 0 Å². The van der Waals surface area contributed by atoms with E-state index in [1.54, 1.807) is 36.8 Å². The molecule has 0 radical (unpaired) electrons. The molecule has 0 aromatic carbocycles. The van der Waals surface area contributed by atoms with Crippen LogP contribution in [0.2, 0.25) is 0 Å². The van der Waals surface area contributed by atoms with Gasteiger partial charge in [-0.05, 0) is 12.1 Å². The summed E-state index contributed by atoms with van der Waals surface area (Å²) in [7, 11) is 0. The van der Waals surface area contributed by atoms with Gasteiger partial charge in [0.1, 0.15) is 5.82 Å². The van der Waals surface area contributed by atoms with Crippen molar-refractivity contribution in [1.29, 1.82) is 0 Å². The van der Waals surface area contributed by atoms with Crippen LogP contribution in [0, 0.1) is 0 Å². The first-order chi connectivity index (χ1) is 6.86. The summed E-state index contributed by atoms with van der Waals surface area (Å²) in [5.41, 5.74) is 0.596. The number of rotatable bonds is 2. The normalized spacial score (nSPS) is 10.0. The van der Waals surface area contributed by atoms with E-state index in [4.69, 9.17) is 0 Å². The predicted octanol–water partition coefficient (Wildman–Crippen LogP) is 0.756. The van der Waals surface area contributed by atoms with Crippen LogP contribution in [0.5, 0.6) is 0 Å². The zero-order chi connectivity index (χ0) is 9.80. The summed E-state index contributed by atoms with van der Waals surface area (Å²) in [6.07, 6.45) is 5.41. The van der Waals surface area contributed by atoms with E-state index in [1.807, 2.05) is 0 Å². The Balaban J connectivity index is 2.28.